The van der Waals surface area contributed by atoms with E-state index in [-0.39, 0.29) is 11.9 Å². The van der Waals surface area contributed by atoms with Gasteiger partial charge in [0.15, 0.2) is 0 Å². The number of hydrogen-bond acceptors (Lipinski definition) is 3. The number of amides is 1. The van der Waals surface area contributed by atoms with E-state index in [2.05, 4.69) is 41.3 Å². The Hall–Kier alpha value is -0.870. The smallest absolute Gasteiger partial charge is 0.236 e. The highest BCUT2D eigenvalue weighted by atomic mass is 32.1. The minimum Gasteiger partial charge on any atom is -0.355 e. The van der Waals surface area contributed by atoms with Gasteiger partial charge in [-0.3, -0.25) is 4.79 Å². The van der Waals surface area contributed by atoms with E-state index in [1.165, 1.54) is 5.56 Å². The molecular weight excluding hydrogens is 244 g/mol. The van der Waals surface area contributed by atoms with Crippen molar-refractivity contribution >= 4 is 17.2 Å². The van der Waals surface area contributed by atoms with Crippen LogP contribution >= 0.6 is 11.3 Å². The van der Waals surface area contributed by atoms with Crippen molar-refractivity contribution in [1.82, 2.24) is 10.6 Å². The molecule has 18 heavy (non-hydrogen) atoms. The van der Waals surface area contributed by atoms with E-state index in [1.807, 2.05) is 6.92 Å². The van der Waals surface area contributed by atoms with Gasteiger partial charge < -0.3 is 10.6 Å². The van der Waals surface area contributed by atoms with E-state index >= 15 is 0 Å². The van der Waals surface area contributed by atoms with Crippen LogP contribution < -0.4 is 10.6 Å². The van der Waals surface area contributed by atoms with Gasteiger partial charge in [0, 0.05) is 12.6 Å². The van der Waals surface area contributed by atoms with Crippen molar-refractivity contribution in [3.8, 4) is 0 Å². The van der Waals surface area contributed by atoms with Crippen LogP contribution in [0.5, 0.6) is 0 Å². The van der Waals surface area contributed by atoms with Gasteiger partial charge in [0.1, 0.15) is 0 Å². The Bertz CT molecular complexity index is 338. The second-order valence-electron chi connectivity index (χ2n) is 4.77. The Kier molecular flexibility index (Phi) is 6.98. The summed E-state index contributed by atoms with van der Waals surface area (Å²) in [5.41, 5.74) is 1.33. The van der Waals surface area contributed by atoms with Gasteiger partial charge in [-0.2, -0.15) is 11.3 Å². The number of unbranched alkanes of at least 4 members (excludes halogenated alkanes) is 1. The van der Waals surface area contributed by atoms with Crippen LogP contribution in [0.25, 0.3) is 0 Å². The van der Waals surface area contributed by atoms with Crippen LogP contribution in [0.3, 0.4) is 0 Å². The molecule has 1 aromatic rings. The molecule has 3 nitrogen and oxygen atoms in total. The Labute approximate surface area is 114 Å². The summed E-state index contributed by atoms with van der Waals surface area (Å²) in [6.45, 7) is 6.94. The van der Waals surface area contributed by atoms with Crippen molar-refractivity contribution in [3.63, 3.8) is 0 Å². The van der Waals surface area contributed by atoms with Crippen LogP contribution in [0.4, 0.5) is 0 Å². The molecule has 0 aliphatic rings. The molecule has 1 rings (SSSR count). The first-order chi connectivity index (χ1) is 8.63. The predicted molar refractivity (Wildman–Crippen MR) is 78.0 cm³/mol. The fraction of sp³-hybridized carbons (Fsp3) is 0.643. The summed E-state index contributed by atoms with van der Waals surface area (Å²) >= 11 is 1.71. The lowest BCUT2D eigenvalue weighted by Crippen LogP contribution is -2.46. The van der Waals surface area contributed by atoms with Crippen molar-refractivity contribution < 1.29 is 4.79 Å². The molecule has 0 fully saturated rings. The maximum absolute atomic E-state index is 11.8. The monoisotopic (exact) mass is 268 g/mol. The van der Waals surface area contributed by atoms with Gasteiger partial charge in [0.2, 0.25) is 5.91 Å². The average Bonchev–Trinajstić information content (AvgIpc) is 2.81. The minimum absolute atomic E-state index is 0.0978. The van der Waals surface area contributed by atoms with E-state index in [1.54, 1.807) is 11.3 Å². The lowest BCUT2D eigenvalue weighted by Gasteiger charge is -2.19. The zero-order valence-electron chi connectivity index (χ0n) is 11.5. The second-order valence-corrected chi connectivity index (χ2v) is 5.55. The molecule has 0 spiro atoms. The first-order valence-corrected chi connectivity index (χ1v) is 7.62. The maximum atomic E-state index is 11.8. The highest BCUT2D eigenvalue weighted by Gasteiger charge is 2.14. The summed E-state index contributed by atoms with van der Waals surface area (Å²) in [6, 6.07) is 2.32. The van der Waals surface area contributed by atoms with Crippen LogP contribution in [0.1, 0.15) is 39.2 Å². The molecule has 1 amide bonds. The van der Waals surface area contributed by atoms with Crippen LogP contribution in [0.15, 0.2) is 16.8 Å². The fourth-order valence-corrected chi connectivity index (χ4v) is 2.55. The van der Waals surface area contributed by atoms with Gasteiger partial charge in [0.25, 0.3) is 0 Å². The van der Waals surface area contributed by atoms with Gasteiger partial charge in [-0.25, -0.2) is 0 Å². The van der Waals surface area contributed by atoms with Gasteiger partial charge in [-0.1, -0.05) is 13.3 Å². The zero-order chi connectivity index (χ0) is 13.4. The van der Waals surface area contributed by atoms with Gasteiger partial charge >= 0.3 is 0 Å². The highest BCUT2D eigenvalue weighted by Crippen LogP contribution is 2.08. The van der Waals surface area contributed by atoms with Crippen LogP contribution in [-0.4, -0.2) is 24.5 Å². The third kappa shape index (κ3) is 5.65. The molecule has 2 unspecified atom stereocenters. The number of nitrogens with one attached hydrogen (secondary N) is 2. The Balaban J connectivity index is 2.25. The van der Waals surface area contributed by atoms with Crippen molar-refractivity contribution in [2.45, 2.75) is 52.1 Å². The molecular formula is C14H24N2OS. The topological polar surface area (TPSA) is 41.1 Å². The molecule has 0 radical (unpaired) electrons. The Morgan fingerprint density at radius 3 is 2.83 bits per heavy atom. The molecule has 0 saturated carbocycles. The molecule has 102 valence electrons. The third-order valence-corrected chi connectivity index (χ3v) is 3.61. The Morgan fingerprint density at radius 1 is 1.44 bits per heavy atom. The molecule has 2 N–H and O–H groups in total. The largest absolute Gasteiger partial charge is 0.355 e. The van der Waals surface area contributed by atoms with Crippen molar-refractivity contribution in [2.24, 2.45) is 0 Å². The predicted octanol–water partition coefficient (Wildman–Crippen LogP) is 2.57. The zero-order valence-corrected chi connectivity index (χ0v) is 12.3. The first-order valence-electron chi connectivity index (χ1n) is 6.68. The van der Waals surface area contributed by atoms with Crippen LogP contribution in [0.2, 0.25) is 0 Å². The van der Waals surface area contributed by atoms with Gasteiger partial charge in [0.05, 0.1) is 6.04 Å². The second kappa shape index (κ2) is 8.27. The maximum Gasteiger partial charge on any atom is 0.236 e. The summed E-state index contributed by atoms with van der Waals surface area (Å²) in [7, 11) is 0. The molecule has 0 aliphatic carbocycles. The number of carbonyl (C=O) groups is 1. The molecule has 1 heterocycles. The molecule has 0 saturated heterocycles. The summed E-state index contributed by atoms with van der Waals surface area (Å²) < 4.78 is 0. The molecule has 0 aromatic carbocycles. The molecule has 1 aromatic heterocycles. The third-order valence-electron chi connectivity index (χ3n) is 2.88. The van der Waals surface area contributed by atoms with E-state index in [9.17, 15) is 4.79 Å². The van der Waals surface area contributed by atoms with Crippen molar-refractivity contribution in [3.05, 3.63) is 22.4 Å². The van der Waals surface area contributed by atoms with Gasteiger partial charge in [-0.15, -0.1) is 0 Å². The fourth-order valence-electron chi connectivity index (χ4n) is 1.87. The highest BCUT2D eigenvalue weighted by molar-refractivity contribution is 7.07. The summed E-state index contributed by atoms with van der Waals surface area (Å²) in [4.78, 5) is 11.8. The molecule has 0 bridgehead atoms. The standard InChI is InChI=1S/C14H24N2OS/c1-4-5-7-15-14(17)12(3)16-11(2)9-13-6-8-18-10-13/h6,8,10-12,16H,4-5,7,9H2,1-3H3,(H,15,17). The van der Waals surface area contributed by atoms with E-state index in [0.717, 1.165) is 25.8 Å². The average molecular weight is 268 g/mol. The minimum atomic E-state index is -0.129. The number of carbonyl (C=O) groups excluding carboxylic acids is 1. The number of thiophene rings is 1. The van der Waals surface area contributed by atoms with Crippen molar-refractivity contribution in [2.75, 3.05) is 6.54 Å². The lowest BCUT2D eigenvalue weighted by atomic mass is 10.1. The van der Waals surface area contributed by atoms with Crippen LogP contribution in [0, 0.1) is 0 Å². The SMILES string of the molecule is CCCCNC(=O)C(C)NC(C)Cc1ccsc1. The van der Waals surface area contributed by atoms with E-state index < -0.39 is 0 Å². The number of rotatable bonds is 8. The summed E-state index contributed by atoms with van der Waals surface area (Å²) in [5, 5.41) is 10.5. The van der Waals surface area contributed by atoms with Gasteiger partial charge in [-0.05, 0) is 49.1 Å². The summed E-state index contributed by atoms with van der Waals surface area (Å²) in [6.07, 6.45) is 3.12. The quantitative estimate of drug-likeness (QED) is 0.712. The lowest BCUT2D eigenvalue weighted by molar-refractivity contribution is -0.122. The van der Waals surface area contributed by atoms with Crippen LogP contribution in [-0.2, 0) is 11.2 Å². The number of hydrogen-bond donors (Lipinski definition) is 2. The first kappa shape index (κ1) is 15.2. The Morgan fingerprint density at radius 2 is 2.22 bits per heavy atom. The van der Waals surface area contributed by atoms with Crippen molar-refractivity contribution in [1.29, 1.82) is 0 Å². The molecule has 4 heteroatoms. The van der Waals surface area contributed by atoms with E-state index in [0.29, 0.717) is 6.04 Å². The normalized spacial score (nSPS) is 14.2. The molecule has 0 aliphatic heterocycles. The van der Waals surface area contributed by atoms with E-state index in [4.69, 9.17) is 0 Å². The molecule has 2 atom stereocenters. The summed E-state index contributed by atoms with van der Waals surface area (Å²) in [5.74, 6) is 0.0978.